The molecule has 1 aliphatic rings. The summed E-state index contributed by atoms with van der Waals surface area (Å²) >= 11 is 1.38. The summed E-state index contributed by atoms with van der Waals surface area (Å²) in [4.78, 5) is 12.9. The van der Waals surface area contributed by atoms with E-state index in [1.807, 2.05) is 24.3 Å². The number of hydrogen-bond donors (Lipinski definition) is 3. The van der Waals surface area contributed by atoms with E-state index >= 15 is 0 Å². The van der Waals surface area contributed by atoms with Crippen LogP contribution in [0.25, 0.3) is 0 Å². The van der Waals surface area contributed by atoms with Gasteiger partial charge in [0.05, 0.1) is 5.75 Å². The highest BCUT2D eigenvalue weighted by molar-refractivity contribution is 8.00. The molecule has 0 aliphatic carbocycles. The topological polar surface area (TPSA) is 53.2 Å². The minimum atomic E-state index is -0.273. The van der Waals surface area contributed by atoms with Crippen molar-refractivity contribution in [2.75, 3.05) is 17.6 Å². The third kappa shape index (κ3) is 4.54. The van der Waals surface area contributed by atoms with Gasteiger partial charge in [-0.15, -0.1) is 11.8 Å². The molecule has 1 heterocycles. The largest absolute Gasteiger partial charge is 0.325 e. The molecule has 1 fully saturated rings. The fraction of sp³-hybridized carbons (Fsp3) is 0.235. The minimum Gasteiger partial charge on any atom is -0.325 e. The third-order valence-corrected chi connectivity index (χ3v) is 4.60. The quantitative estimate of drug-likeness (QED) is 0.737. The van der Waals surface area contributed by atoms with Gasteiger partial charge in [0, 0.05) is 23.2 Å². The lowest BCUT2D eigenvalue weighted by atomic mass is 10.1. The maximum atomic E-state index is 12.8. The number of halogens is 1. The summed E-state index contributed by atoms with van der Waals surface area (Å²) in [6.07, 6.45) is 1.03. The highest BCUT2D eigenvalue weighted by atomic mass is 32.2. The first-order valence-corrected chi connectivity index (χ1v) is 8.46. The molecule has 3 rings (SSSR count). The van der Waals surface area contributed by atoms with Crippen molar-refractivity contribution in [1.29, 1.82) is 0 Å². The summed E-state index contributed by atoms with van der Waals surface area (Å²) in [5, 5.41) is 2.91. The molecule has 0 radical (unpaired) electrons. The average Bonchev–Trinajstić information content (AvgIpc) is 3.09. The molecule has 6 heteroatoms. The molecule has 120 valence electrons. The second-order valence-corrected chi connectivity index (χ2v) is 6.38. The van der Waals surface area contributed by atoms with Crippen molar-refractivity contribution in [2.45, 2.75) is 17.4 Å². The number of thioether (sulfide) groups is 1. The van der Waals surface area contributed by atoms with Crippen LogP contribution in [-0.2, 0) is 4.79 Å². The number of benzene rings is 2. The molecule has 1 amide bonds. The third-order valence-electron chi connectivity index (χ3n) is 3.59. The Morgan fingerprint density at radius 1 is 1.26 bits per heavy atom. The van der Waals surface area contributed by atoms with Gasteiger partial charge in [-0.2, -0.15) is 0 Å². The summed E-state index contributed by atoms with van der Waals surface area (Å²) in [6.45, 7) is 0.940. The highest BCUT2D eigenvalue weighted by Gasteiger charge is 2.16. The Labute approximate surface area is 138 Å². The van der Waals surface area contributed by atoms with E-state index in [1.165, 1.54) is 23.9 Å². The molecular weight excluding hydrogens is 313 g/mol. The van der Waals surface area contributed by atoms with Gasteiger partial charge in [-0.1, -0.05) is 12.1 Å². The number of amides is 1. The van der Waals surface area contributed by atoms with Gasteiger partial charge in [0.15, 0.2) is 0 Å². The van der Waals surface area contributed by atoms with Crippen LogP contribution in [-0.4, -0.2) is 18.2 Å². The van der Waals surface area contributed by atoms with Crippen LogP contribution in [0.3, 0.4) is 0 Å². The molecule has 2 aromatic carbocycles. The minimum absolute atomic E-state index is 0.0750. The fourth-order valence-corrected chi connectivity index (χ4v) is 3.14. The maximum Gasteiger partial charge on any atom is 0.234 e. The first-order chi connectivity index (χ1) is 11.2. The summed E-state index contributed by atoms with van der Waals surface area (Å²) in [5.74, 6) is -0.0568. The zero-order valence-corrected chi connectivity index (χ0v) is 13.3. The molecule has 1 atom stereocenters. The first-order valence-electron chi connectivity index (χ1n) is 7.47. The predicted octanol–water partition coefficient (Wildman–Crippen LogP) is 3.10. The summed E-state index contributed by atoms with van der Waals surface area (Å²) in [7, 11) is 0. The van der Waals surface area contributed by atoms with Gasteiger partial charge in [0.1, 0.15) is 5.82 Å². The Kier molecular flexibility index (Phi) is 5.27. The van der Waals surface area contributed by atoms with E-state index in [0.29, 0.717) is 5.75 Å². The Hall–Kier alpha value is -1.89. The summed E-state index contributed by atoms with van der Waals surface area (Å²) in [6, 6.07) is 14.3. The normalized spacial score (nSPS) is 17.2. The molecule has 23 heavy (non-hydrogen) atoms. The van der Waals surface area contributed by atoms with Crippen molar-refractivity contribution < 1.29 is 9.18 Å². The van der Waals surface area contributed by atoms with Crippen molar-refractivity contribution in [1.82, 2.24) is 10.9 Å². The number of anilines is 1. The van der Waals surface area contributed by atoms with Crippen LogP contribution in [0.15, 0.2) is 53.4 Å². The molecule has 0 saturated carbocycles. The average molecular weight is 331 g/mol. The second kappa shape index (κ2) is 7.59. The number of rotatable bonds is 5. The standard InChI is InChI=1S/C17H18FN3OS/c18-13-4-6-15(7-5-13)23-11-17(22)20-14-3-1-2-12(10-14)16-8-9-19-21-16/h1-7,10,16,19,21H,8-9,11H2,(H,20,22). The molecule has 0 spiro atoms. The van der Waals surface area contributed by atoms with Crippen molar-refractivity contribution in [3.05, 3.63) is 59.9 Å². The molecule has 1 unspecified atom stereocenters. The molecule has 0 aromatic heterocycles. The lowest BCUT2D eigenvalue weighted by Crippen LogP contribution is -2.24. The van der Waals surface area contributed by atoms with Crippen LogP contribution in [0, 0.1) is 5.82 Å². The number of nitrogens with one attached hydrogen (secondary N) is 3. The Bertz CT molecular complexity index is 672. The molecule has 1 aliphatic heterocycles. The van der Waals surface area contributed by atoms with Crippen LogP contribution in [0.1, 0.15) is 18.0 Å². The number of hydrogen-bond acceptors (Lipinski definition) is 4. The van der Waals surface area contributed by atoms with Crippen molar-refractivity contribution in [3.63, 3.8) is 0 Å². The van der Waals surface area contributed by atoms with E-state index in [9.17, 15) is 9.18 Å². The maximum absolute atomic E-state index is 12.8. The Morgan fingerprint density at radius 3 is 2.83 bits per heavy atom. The van der Waals surface area contributed by atoms with E-state index in [1.54, 1.807) is 12.1 Å². The fourth-order valence-electron chi connectivity index (χ4n) is 2.44. The predicted molar refractivity (Wildman–Crippen MR) is 90.7 cm³/mol. The monoisotopic (exact) mass is 331 g/mol. The van der Waals surface area contributed by atoms with E-state index in [4.69, 9.17) is 0 Å². The molecule has 1 saturated heterocycles. The lowest BCUT2D eigenvalue weighted by Gasteiger charge is -2.12. The zero-order chi connectivity index (χ0) is 16.1. The highest BCUT2D eigenvalue weighted by Crippen LogP contribution is 2.22. The van der Waals surface area contributed by atoms with E-state index < -0.39 is 0 Å². The van der Waals surface area contributed by atoms with Crippen LogP contribution >= 0.6 is 11.8 Å². The summed E-state index contributed by atoms with van der Waals surface area (Å²) in [5.41, 5.74) is 8.26. The van der Waals surface area contributed by atoms with Gasteiger partial charge in [-0.05, 0) is 48.4 Å². The molecule has 4 nitrogen and oxygen atoms in total. The molecule has 0 bridgehead atoms. The van der Waals surface area contributed by atoms with Crippen LogP contribution in [0.5, 0.6) is 0 Å². The molecule has 2 aromatic rings. The van der Waals surface area contributed by atoms with E-state index in [-0.39, 0.29) is 17.8 Å². The van der Waals surface area contributed by atoms with Gasteiger partial charge >= 0.3 is 0 Å². The van der Waals surface area contributed by atoms with E-state index in [2.05, 4.69) is 16.2 Å². The van der Waals surface area contributed by atoms with Crippen molar-refractivity contribution in [3.8, 4) is 0 Å². The number of carbonyl (C=O) groups is 1. The van der Waals surface area contributed by atoms with Gasteiger partial charge in [0.25, 0.3) is 0 Å². The number of carbonyl (C=O) groups excluding carboxylic acids is 1. The van der Waals surface area contributed by atoms with Crippen molar-refractivity contribution >= 4 is 23.4 Å². The van der Waals surface area contributed by atoms with Crippen molar-refractivity contribution in [2.24, 2.45) is 0 Å². The Balaban J connectivity index is 1.55. The van der Waals surface area contributed by atoms with E-state index in [0.717, 1.165) is 29.1 Å². The van der Waals surface area contributed by atoms with Gasteiger partial charge in [-0.3, -0.25) is 15.6 Å². The van der Waals surface area contributed by atoms with Gasteiger partial charge in [0.2, 0.25) is 5.91 Å². The number of hydrazine groups is 1. The van der Waals surface area contributed by atoms with Crippen LogP contribution in [0.2, 0.25) is 0 Å². The van der Waals surface area contributed by atoms with Gasteiger partial charge in [-0.25, -0.2) is 4.39 Å². The van der Waals surface area contributed by atoms with Crippen LogP contribution < -0.4 is 16.2 Å². The second-order valence-electron chi connectivity index (χ2n) is 5.33. The lowest BCUT2D eigenvalue weighted by molar-refractivity contribution is -0.113. The smallest absolute Gasteiger partial charge is 0.234 e. The molecule has 3 N–H and O–H groups in total. The zero-order valence-electron chi connectivity index (χ0n) is 12.5. The first kappa shape index (κ1) is 16.0. The molecular formula is C17H18FN3OS. The SMILES string of the molecule is O=C(CSc1ccc(F)cc1)Nc1cccc(C2CCNN2)c1. The van der Waals surface area contributed by atoms with Gasteiger partial charge < -0.3 is 5.32 Å². The Morgan fingerprint density at radius 2 is 2.09 bits per heavy atom. The van der Waals surface area contributed by atoms with Crippen LogP contribution in [0.4, 0.5) is 10.1 Å². The summed E-state index contributed by atoms with van der Waals surface area (Å²) < 4.78 is 12.8.